The van der Waals surface area contributed by atoms with Gasteiger partial charge in [-0.05, 0) is 25.0 Å². The maximum absolute atomic E-state index is 13.4. The first-order valence-electron chi connectivity index (χ1n) is 7.79. The van der Waals surface area contributed by atoms with Crippen molar-refractivity contribution in [3.05, 3.63) is 29.8 Å². The molecule has 0 bridgehead atoms. The second-order valence-corrected chi connectivity index (χ2v) is 7.60. The molecule has 142 valence electrons. The van der Waals surface area contributed by atoms with Gasteiger partial charge in [-0.2, -0.15) is 4.31 Å². The summed E-state index contributed by atoms with van der Waals surface area (Å²) < 4.78 is 53.4. The van der Waals surface area contributed by atoms with E-state index in [1.807, 2.05) is 0 Å². The van der Waals surface area contributed by atoms with Crippen molar-refractivity contribution in [3.8, 4) is 0 Å². The van der Waals surface area contributed by atoms with Crippen molar-refractivity contribution in [1.29, 1.82) is 0 Å². The van der Waals surface area contributed by atoms with E-state index in [1.165, 1.54) is 4.31 Å². The van der Waals surface area contributed by atoms with Crippen molar-refractivity contribution in [2.24, 2.45) is 5.73 Å². The summed E-state index contributed by atoms with van der Waals surface area (Å²) in [7, 11) is -4.04. The Balaban J connectivity index is 0.00000312. The van der Waals surface area contributed by atoms with Gasteiger partial charge in [-0.1, -0.05) is 6.42 Å². The van der Waals surface area contributed by atoms with E-state index in [-0.39, 0.29) is 44.4 Å². The minimum Gasteiger partial charge on any atom is -0.354 e. The summed E-state index contributed by atoms with van der Waals surface area (Å²) in [5.74, 6) is -2.14. The third-order valence-electron chi connectivity index (χ3n) is 3.92. The van der Waals surface area contributed by atoms with Crippen LogP contribution in [0.1, 0.15) is 25.7 Å². The molecule has 1 aliphatic heterocycles. The fourth-order valence-corrected chi connectivity index (χ4v) is 4.49. The quantitative estimate of drug-likeness (QED) is 0.758. The van der Waals surface area contributed by atoms with Gasteiger partial charge in [0.05, 0.1) is 4.90 Å². The SMILES string of the molecule is Cl.NCCC(=O)NCC1CCCCN1S(=O)(=O)c1cc(F)cc(F)c1. The molecular weight excluding hydrogens is 376 g/mol. The number of carbonyl (C=O) groups is 1. The van der Waals surface area contributed by atoms with Gasteiger partial charge in [-0.25, -0.2) is 17.2 Å². The summed E-state index contributed by atoms with van der Waals surface area (Å²) in [6.45, 7) is 0.606. The van der Waals surface area contributed by atoms with Crippen LogP contribution in [-0.4, -0.2) is 44.3 Å². The zero-order valence-corrected chi connectivity index (χ0v) is 15.2. The highest BCUT2D eigenvalue weighted by Crippen LogP contribution is 2.26. The van der Waals surface area contributed by atoms with Crippen molar-refractivity contribution in [3.63, 3.8) is 0 Å². The molecule has 25 heavy (non-hydrogen) atoms. The van der Waals surface area contributed by atoms with E-state index < -0.39 is 32.6 Å². The minimum atomic E-state index is -4.04. The lowest BCUT2D eigenvalue weighted by molar-refractivity contribution is -0.121. The highest BCUT2D eigenvalue weighted by molar-refractivity contribution is 7.89. The van der Waals surface area contributed by atoms with Crippen LogP contribution in [0, 0.1) is 11.6 Å². The first-order valence-corrected chi connectivity index (χ1v) is 9.23. The molecule has 10 heteroatoms. The third-order valence-corrected chi connectivity index (χ3v) is 5.85. The fourth-order valence-electron chi connectivity index (χ4n) is 2.76. The van der Waals surface area contributed by atoms with Gasteiger partial charge in [0.2, 0.25) is 15.9 Å². The molecule has 1 unspecified atom stereocenters. The number of rotatable bonds is 6. The maximum atomic E-state index is 13.4. The number of piperidine rings is 1. The normalized spacial score (nSPS) is 18.4. The summed E-state index contributed by atoms with van der Waals surface area (Å²) in [5.41, 5.74) is 5.30. The van der Waals surface area contributed by atoms with Gasteiger partial charge in [-0.3, -0.25) is 4.79 Å². The van der Waals surface area contributed by atoms with E-state index >= 15 is 0 Å². The summed E-state index contributed by atoms with van der Waals surface area (Å²) >= 11 is 0. The van der Waals surface area contributed by atoms with E-state index in [4.69, 9.17) is 5.73 Å². The van der Waals surface area contributed by atoms with Gasteiger partial charge in [-0.15, -0.1) is 12.4 Å². The van der Waals surface area contributed by atoms with Crippen LogP contribution in [0.3, 0.4) is 0 Å². The highest BCUT2D eigenvalue weighted by atomic mass is 35.5. The summed E-state index contributed by atoms with van der Waals surface area (Å²) in [5, 5.41) is 2.66. The molecule has 1 atom stereocenters. The van der Waals surface area contributed by atoms with Crippen molar-refractivity contribution < 1.29 is 22.0 Å². The molecule has 3 N–H and O–H groups in total. The molecule has 0 aliphatic carbocycles. The zero-order valence-electron chi connectivity index (χ0n) is 13.6. The third kappa shape index (κ3) is 5.60. The van der Waals surface area contributed by atoms with Crippen LogP contribution in [-0.2, 0) is 14.8 Å². The Kier molecular flexibility index (Phi) is 8.20. The topological polar surface area (TPSA) is 92.5 Å². The summed E-state index contributed by atoms with van der Waals surface area (Å²) in [4.78, 5) is 11.1. The first kappa shape index (κ1) is 21.8. The van der Waals surface area contributed by atoms with Crippen molar-refractivity contribution in [2.75, 3.05) is 19.6 Å². The lowest BCUT2D eigenvalue weighted by atomic mass is 10.1. The van der Waals surface area contributed by atoms with E-state index in [1.54, 1.807) is 0 Å². The maximum Gasteiger partial charge on any atom is 0.243 e. The van der Waals surface area contributed by atoms with Gasteiger partial charge in [0.25, 0.3) is 0 Å². The Bertz CT molecular complexity index is 683. The molecule has 1 amide bonds. The number of nitrogens with one attached hydrogen (secondary N) is 1. The first-order chi connectivity index (χ1) is 11.3. The number of amides is 1. The second kappa shape index (κ2) is 9.42. The van der Waals surface area contributed by atoms with E-state index in [0.717, 1.165) is 18.6 Å². The molecule has 0 radical (unpaired) electrons. The highest BCUT2D eigenvalue weighted by Gasteiger charge is 2.34. The molecule has 1 heterocycles. The largest absolute Gasteiger partial charge is 0.354 e. The second-order valence-electron chi connectivity index (χ2n) is 5.71. The van der Waals surface area contributed by atoms with Crippen LogP contribution >= 0.6 is 12.4 Å². The number of hydrogen-bond donors (Lipinski definition) is 2. The molecule has 6 nitrogen and oxygen atoms in total. The Morgan fingerprint density at radius 3 is 2.48 bits per heavy atom. The lowest BCUT2D eigenvalue weighted by Gasteiger charge is -2.34. The predicted molar refractivity (Wildman–Crippen MR) is 91.8 cm³/mol. The zero-order chi connectivity index (χ0) is 17.7. The Morgan fingerprint density at radius 1 is 1.24 bits per heavy atom. The van der Waals surface area contributed by atoms with Crippen molar-refractivity contribution in [1.82, 2.24) is 9.62 Å². The molecule has 1 fully saturated rings. The van der Waals surface area contributed by atoms with Crippen LogP contribution in [0.2, 0.25) is 0 Å². The van der Waals surface area contributed by atoms with Gasteiger partial charge in [0, 0.05) is 38.2 Å². The monoisotopic (exact) mass is 397 g/mol. The molecule has 0 saturated carbocycles. The predicted octanol–water partition coefficient (Wildman–Crippen LogP) is 1.39. The molecule has 1 saturated heterocycles. The van der Waals surface area contributed by atoms with Gasteiger partial charge in [0.15, 0.2) is 0 Å². The van der Waals surface area contributed by atoms with E-state index in [2.05, 4.69) is 5.32 Å². The van der Waals surface area contributed by atoms with Crippen LogP contribution in [0.25, 0.3) is 0 Å². The van der Waals surface area contributed by atoms with E-state index in [9.17, 15) is 22.0 Å². The molecular formula is C15H22ClF2N3O3S. The summed E-state index contributed by atoms with van der Waals surface area (Å²) in [6.07, 6.45) is 2.21. The Hall–Kier alpha value is -1.29. The number of carbonyl (C=O) groups excluding carboxylic acids is 1. The molecule has 1 aromatic rings. The van der Waals surface area contributed by atoms with Crippen molar-refractivity contribution >= 4 is 28.3 Å². The van der Waals surface area contributed by atoms with E-state index in [0.29, 0.717) is 18.9 Å². The molecule has 1 aliphatic rings. The Labute approximate surface area is 152 Å². The van der Waals surface area contributed by atoms with Crippen LogP contribution in [0.4, 0.5) is 8.78 Å². The Morgan fingerprint density at radius 2 is 1.88 bits per heavy atom. The molecule has 0 spiro atoms. The standard InChI is InChI=1S/C15H21F2N3O3S.ClH/c16-11-7-12(17)9-14(8-11)24(22,23)20-6-2-1-3-13(20)10-19-15(21)4-5-18;/h7-9,13H,1-6,10,18H2,(H,19,21);1H. The van der Waals surface area contributed by atoms with Crippen LogP contribution in [0.5, 0.6) is 0 Å². The van der Waals surface area contributed by atoms with Crippen LogP contribution < -0.4 is 11.1 Å². The van der Waals surface area contributed by atoms with Crippen molar-refractivity contribution in [2.45, 2.75) is 36.6 Å². The smallest absolute Gasteiger partial charge is 0.243 e. The number of halogens is 3. The number of benzene rings is 1. The fraction of sp³-hybridized carbons (Fsp3) is 0.533. The van der Waals surface area contributed by atoms with Gasteiger partial charge >= 0.3 is 0 Å². The average Bonchev–Trinajstić information content (AvgIpc) is 2.52. The number of hydrogen-bond acceptors (Lipinski definition) is 4. The minimum absolute atomic E-state index is 0. The molecule has 1 aromatic carbocycles. The lowest BCUT2D eigenvalue weighted by Crippen LogP contribution is -2.49. The van der Waals surface area contributed by atoms with Crippen LogP contribution in [0.15, 0.2) is 23.1 Å². The number of sulfonamides is 1. The molecule has 0 aromatic heterocycles. The van der Waals surface area contributed by atoms with Gasteiger partial charge < -0.3 is 11.1 Å². The number of nitrogens with two attached hydrogens (primary N) is 1. The average molecular weight is 398 g/mol. The number of nitrogens with zero attached hydrogens (tertiary/aromatic N) is 1. The van der Waals surface area contributed by atoms with Gasteiger partial charge in [0.1, 0.15) is 11.6 Å². The molecule has 2 rings (SSSR count). The summed E-state index contributed by atoms with van der Waals surface area (Å²) in [6, 6.07) is 1.78.